The van der Waals surface area contributed by atoms with Crippen LogP contribution in [0.1, 0.15) is 5.56 Å². The summed E-state index contributed by atoms with van der Waals surface area (Å²) in [5, 5.41) is 13.1. The van der Waals surface area contributed by atoms with Crippen molar-refractivity contribution in [2.45, 2.75) is 18.0 Å². The fourth-order valence-corrected chi connectivity index (χ4v) is 5.93. The van der Waals surface area contributed by atoms with E-state index >= 15 is 0 Å². The molecule has 0 aliphatic carbocycles. The van der Waals surface area contributed by atoms with E-state index in [-0.39, 0.29) is 30.5 Å². The van der Waals surface area contributed by atoms with Crippen molar-refractivity contribution >= 4 is 57.8 Å². The number of amides is 2. The van der Waals surface area contributed by atoms with Gasteiger partial charge in [-0.15, -0.1) is 11.8 Å². The van der Waals surface area contributed by atoms with Gasteiger partial charge in [-0.2, -0.15) is 0 Å². The Hall–Kier alpha value is -3.13. The second-order valence-corrected chi connectivity index (χ2v) is 9.51. The Labute approximate surface area is 218 Å². The zero-order chi connectivity index (χ0) is 24.9. The van der Waals surface area contributed by atoms with E-state index in [0.717, 1.165) is 5.57 Å². The Balaban J connectivity index is 1.37. The van der Waals surface area contributed by atoms with E-state index in [1.54, 1.807) is 24.3 Å². The Morgan fingerprint density at radius 1 is 1.17 bits per heavy atom. The number of rotatable bonds is 9. The van der Waals surface area contributed by atoms with E-state index < -0.39 is 28.2 Å². The number of hydrogen-bond donors (Lipinski definition) is 1. The van der Waals surface area contributed by atoms with Crippen molar-refractivity contribution in [3.63, 3.8) is 0 Å². The lowest BCUT2D eigenvalue weighted by molar-refractivity contribution is -0.384. The number of non-ortho nitro benzene ring substituents is 1. The van der Waals surface area contributed by atoms with Gasteiger partial charge in [-0.3, -0.25) is 24.6 Å². The van der Waals surface area contributed by atoms with Gasteiger partial charge >= 0.3 is 5.97 Å². The number of halogens is 1. The molecule has 4 rings (SSSR count). The van der Waals surface area contributed by atoms with Crippen molar-refractivity contribution in [2.24, 2.45) is 0 Å². The van der Waals surface area contributed by atoms with Crippen LogP contribution in [0.25, 0.3) is 0 Å². The summed E-state index contributed by atoms with van der Waals surface area (Å²) in [4.78, 5) is 49.8. The van der Waals surface area contributed by atoms with Crippen molar-refractivity contribution < 1.29 is 28.8 Å². The van der Waals surface area contributed by atoms with Crippen LogP contribution in [0, 0.1) is 10.1 Å². The summed E-state index contributed by atoms with van der Waals surface area (Å²) in [5.74, 6) is -0.403. The van der Waals surface area contributed by atoms with E-state index in [1.165, 1.54) is 40.9 Å². The highest BCUT2D eigenvalue weighted by atomic mass is 127. The quantitative estimate of drug-likeness (QED) is 0.115. The van der Waals surface area contributed by atoms with E-state index in [9.17, 15) is 24.5 Å². The molecular formula is C23H20IN3O7S. The van der Waals surface area contributed by atoms with Crippen molar-refractivity contribution in [1.29, 1.82) is 0 Å². The highest BCUT2D eigenvalue weighted by Crippen LogP contribution is 2.41. The Kier molecular flexibility index (Phi) is 7.90. The number of hydrogen-bond acceptors (Lipinski definition) is 8. The van der Waals surface area contributed by atoms with Gasteiger partial charge in [-0.05, 0) is 35.4 Å². The highest BCUT2D eigenvalue weighted by molar-refractivity contribution is 14.1. The average Bonchev–Trinajstić information content (AvgIpc) is 2.88. The molecule has 2 aliphatic heterocycles. The minimum atomic E-state index is -0.764. The number of β-lactam (4-membered cyclic amide) rings is 1. The monoisotopic (exact) mass is 609 g/mol. The SMILES string of the molecule is O=C(COc1ccccc1)NC1C(=O)N2C(C(=O)OCc3ccc([N+](=O)[O-])cc3)=C(CI)CS[C@@H]12. The van der Waals surface area contributed by atoms with Crippen LogP contribution in [-0.4, -0.2) is 55.8 Å². The summed E-state index contributed by atoms with van der Waals surface area (Å²) in [5.41, 5.74) is 1.49. The molecule has 2 aromatic carbocycles. The predicted molar refractivity (Wildman–Crippen MR) is 136 cm³/mol. The number of nitrogens with one attached hydrogen (secondary N) is 1. The van der Waals surface area contributed by atoms with Crippen LogP contribution >= 0.6 is 34.4 Å². The average molecular weight is 609 g/mol. The molecule has 2 amide bonds. The predicted octanol–water partition coefficient (Wildman–Crippen LogP) is 2.81. The second kappa shape index (κ2) is 11.1. The lowest BCUT2D eigenvalue weighted by Gasteiger charge is -2.49. The molecule has 182 valence electrons. The molecule has 0 aromatic heterocycles. The molecule has 0 saturated carbocycles. The zero-order valence-corrected chi connectivity index (χ0v) is 21.2. The zero-order valence-electron chi connectivity index (χ0n) is 18.2. The fraction of sp³-hybridized carbons (Fsp3) is 0.261. The first-order valence-corrected chi connectivity index (χ1v) is 13.1. The minimum Gasteiger partial charge on any atom is -0.484 e. The molecule has 1 N–H and O–H groups in total. The molecule has 12 heteroatoms. The van der Waals surface area contributed by atoms with Crippen LogP contribution in [-0.2, 0) is 25.7 Å². The molecule has 10 nitrogen and oxygen atoms in total. The number of thioether (sulfide) groups is 1. The number of ether oxygens (including phenoxy) is 2. The molecule has 35 heavy (non-hydrogen) atoms. The van der Waals surface area contributed by atoms with Gasteiger partial charge in [-0.25, -0.2) is 4.79 Å². The maximum absolute atomic E-state index is 12.9. The fourth-order valence-electron chi connectivity index (χ4n) is 3.59. The molecule has 0 bridgehead atoms. The van der Waals surface area contributed by atoms with Crippen LogP contribution in [0.5, 0.6) is 5.75 Å². The summed E-state index contributed by atoms with van der Waals surface area (Å²) >= 11 is 3.60. The van der Waals surface area contributed by atoms with Crippen molar-refractivity contribution in [3.05, 3.63) is 81.5 Å². The van der Waals surface area contributed by atoms with Gasteiger partial charge in [0, 0.05) is 22.3 Å². The first-order valence-electron chi connectivity index (χ1n) is 10.5. The van der Waals surface area contributed by atoms with Gasteiger partial charge in [0.25, 0.3) is 17.5 Å². The number of carbonyl (C=O) groups is 3. The van der Waals surface area contributed by atoms with Gasteiger partial charge in [-0.1, -0.05) is 40.8 Å². The van der Waals surface area contributed by atoms with Crippen molar-refractivity contribution in [1.82, 2.24) is 10.2 Å². The molecule has 0 spiro atoms. The standard InChI is InChI=1S/C23H20IN3O7S/c24-10-15-13-35-22-19(25-18(28)12-33-17-4-2-1-3-5-17)21(29)26(22)20(15)23(30)34-11-14-6-8-16(9-7-14)27(31)32/h1-9,19,22H,10-13H2,(H,25,28)/t19?,22-/m0/s1. The third-order valence-electron chi connectivity index (χ3n) is 5.35. The number of benzene rings is 2. The maximum atomic E-state index is 12.9. The van der Waals surface area contributed by atoms with Gasteiger partial charge in [0.05, 0.1) is 4.92 Å². The van der Waals surface area contributed by atoms with Crippen LogP contribution < -0.4 is 10.1 Å². The molecule has 2 aromatic rings. The molecule has 2 aliphatic rings. The summed E-state index contributed by atoms with van der Waals surface area (Å²) in [6.07, 6.45) is 0. The van der Waals surface area contributed by atoms with E-state index in [4.69, 9.17) is 9.47 Å². The molecule has 1 unspecified atom stereocenters. The number of para-hydroxylation sites is 1. The number of alkyl halides is 1. The number of carbonyl (C=O) groups excluding carboxylic acids is 3. The topological polar surface area (TPSA) is 128 Å². The number of nitrogens with zero attached hydrogens (tertiary/aromatic N) is 2. The van der Waals surface area contributed by atoms with Gasteiger partial charge in [0.15, 0.2) is 6.61 Å². The van der Waals surface area contributed by atoms with Crippen LogP contribution in [0.3, 0.4) is 0 Å². The van der Waals surface area contributed by atoms with E-state index in [0.29, 0.717) is 21.5 Å². The van der Waals surface area contributed by atoms with E-state index in [2.05, 4.69) is 27.9 Å². The Morgan fingerprint density at radius 2 is 1.89 bits per heavy atom. The summed E-state index contributed by atoms with van der Waals surface area (Å²) in [7, 11) is 0. The Morgan fingerprint density at radius 3 is 2.54 bits per heavy atom. The first kappa shape index (κ1) is 25.0. The molecule has 2 atom stereocenters. The normalized spacial score (nSPS) is 18.9. The largest absolute Gasteiger partial charge is 0.484 e. The molecule has 1 saturated heterocycles. The smallest absolute Gasteiger partial charge is 0.355 e. The van der Waals surface area contributed by atoms with Crippen molar-refractivity contribution in [3.8, 4) is 5.75 Å². The third-order valence-corrected chi connectivity index (χ3v) is 7.61. The summed E-state index contributed by atoms with van der Waals surface area (Å²) < 4.78 is 11.4. The number of nitro groups is 1. The first-order chi connectivity index (χ1) is 16.9. The van der Waals surface area contributed by atoms with Gasteiger partial charge in [0.1, 0.15) is 29.5 Å². The number of esters is 1. The van der Waals surface area contributed by atoms with Crippen molar-refractivity contribution in [2.75, 3.05) is 16.8 Å². The lowest BCUT2D eigenvalue weighted by atomic mass is 10.0. The summed E-state index contributed by atoms with van der Waals surface area (Å²) in [6, 6.07) is 13.8. The molecule has 0 radical (unpaired) electrons. The molecule has 2 heterocycles. The molecule has 1 fully saturated rings. The van der Waals surface area contributed by atoms with Crippen LogP contribution in [0.15, 0.2) is 65.9 Å². The van der Waals surface area contributed by atoms with Crippen LogP contribution in [0.4, 0.5) is 5.69 Å². The lowest BCUT2D eigenvalue weighted by Crippen LogP contribution is -2.71. The molecular weight excluding hydrogens is 589 g/mol. The van der Waals surface area contributed by atoms with Gasteiger partial charge < -0.3 is 14.8 Å². The second-order valence-electron chi connectivity index (χ2n) is 7.64. The van der Waals surface area contributed by atoms with Gasteiger partial charge in [0.2, 0.25) is 0 Å². The van der Waals surface area contributed by atoms with E-state index in [1.807, 2.05) is 6.07 Å². The minimum absolute atomic E-state index is 0.0597. The maximum Gasteiger partial charge on any atom is 0.355 e. The highest BCUT2D eigenvalue weighted by Gasteiger charge is 2.54. The number of fused-ring (bicyclic) bond motifs is 1. The number of nitro benzene ring substituents is 1. The third kappa shape index (κ3) is 5.59. The van der Waals surface area contributed by atoms with Crippen LogP contribution in [0.2, 0.25) is 0 Å². The Bertz CT molecular complexity index is 1170. The summed E-state index contributed by atoms with van der Waals surface area (Å²) in [6.45, 7) is -0.324.